The van der Waals surface area contributed by atoms with Crippen LogP contribution in [0.5, 0.6) is 0 Å². The lowest BCUT2D eigenvalue weighted by molar-refractivity contribution is 0.0858. The minimum Gasteiger partial charge on any atom is -0.361 e. The molecular formula is C24H32Cl2FN3. The summed E-state index contributed by atoms with van der Waals surface area (Å²) in [7, 11) is 4.41. The van der Waals surface area contributed by atoms with Crippen LogP contribution >= 0.6 is 24.8 Å². The molecule has 164 valence electrons. The summed E-state index contributed by atoms with van der Waals surface area (Å²) in [6.07, 6.45) is 7.61. The molecule has 0 atom stereocenters. The Morgan fingerprint density at radius 3 is 2.43 bits per heavy atom. The van der Waals surface area contributed by atoms with Gasteiger partial charge in [0.2, 0.25) is 0 Å². The van der Waals surface area contributed by atoms with Gasteiger partial charge in [0.25, 0.3) is 0 Å². The van der Waals surface area contributed by atoms with Gasteiger partial charge in [0.1, 0.15) is 5.82 Å². The molecule has 3 aromatic rings. The average Bonchev–Trinajstić information content (AvgIpc) is 3.11. The zero-order chi connectivity index (χ0) is 19.6. The molecule has 0 bridgehead atoms. The normalized spacial score (nSPS) is 21.3. The SMILES string of the molecule is CN(C)C1(c2ccccc2)CCC(NCCc2c[nH]c3ccc(F)cc23)CC1.Cl.Cl. The number of benzene rings is 2. The molecule has 30 heavy (non-hydrogen) atoms. The number of hydrogen-bond acceptors (Lipinski definition) is 2. The lowest BCUT2D eigenvalue weighted by atomic mass is 9.74. The van der Waals surface area contributed by atoms with Crippen molar-refractivity contribution < 1.29 is 4.39 Å². The van der Waals surface area contributed by atoms with Crippen LogP contribution in [0.15, 0.2) is 54.7 Å². The maximum absolute atomic E-state index is 13.6. The molecule has 1 aromatic heterocycles. The van der Waals surface area contributed by atoms with Crippen molar-refractivity contribution in [1.82, 2.24) is 15.2 Å². The van der Waals surface area contributed by atoms with Gasteiger partial charge >= 0.3 is 0 Å². The van der Waals surface area contributed by atoms with Crippen LogP contribution < -0.4 is 5.32 Å². The second-order valence-corrected chi connectivity index (χ2v) is 8.27. The predicted molar refractivity (Wildman–Crippen MR) is 129 cm³/mol. The van der Waals surface area contributed by atoms with E-state index in [-0.39, 0.29) is 36.2 Å². The van der Waals surface area contributed by atoms with Crippen LogP contribution in [0.3, 0.4) is 0 Å². The van der Waals surface area contributed by atoms with E-state index in [9.17, 15) is 4.39 Å². The van der Waals surface area contributed by atoms with Crippen molar-refractivity contribution >= 4 is 35.7 Å². The van der Waals surface area contributed by atoms with Crippen molar-refractivity contribution in [2.45, 2.75) is 43.7 Å². The lowest BCUT2D eigenvalue weighted by Gasteiger charge is -2.45. The molecule has 0 spiro atoms. The second kappa shape index (κ2) is 10.6. The van der Waals surface area contributed by atoms with Crippen molar-refractivity contribution in [3.8, 4) is 0 Å². The Hall–Kier alpha value is -1.59. The molecular weight excluding hydrogens is 420 g/mol. The third-order valence-corrected chi connectivity index (χ3v) is 6.54. The molecule has 1 heterocycles. The molecule has 1 aliphatic carbocycles. The summed E-state index contributed by atoms with van der Waals surface area (Å²) in [4.78, 5) is 5.65. The fraction of sp³-hybridized carbons (Fsp3) is 0.417. The van der Waals surface area contributed by atoms with Gasteiger partial charge in [-0.3, -0.25) is 4.90 Å². The van der Waals surface area contributed by atoms with E-state index in [4.69, 9.17) is 0 Å². The molecule has 0 aliphatic heterocycles. The summed E-state index contributed by atoms with van der Waals surface area (Å²) in [5.41, 5.74) is 3.77. The highest BCUT2D eigenvalue weighted by molar-refractivity contribution is 5.85. The molecule has 0 unspecified atom stereocenters. The quantitative estimate of drug-likeness (QED) is 0.504. The summed E-state index contributed by atoms with van der Waals surface area (Å²) in [6.45, 7) is 0.925. The summed E-state index contributed by atoms with van der Waals surface area (Å²) in [5.74, 6) is -0.172. The molecule has 0 radical (unpaired) electrons. The van der Waals surface area contributed by atoms with Crippen molar-refractivity contribution in [2.75, 3.05) is 20.6 Å². The molecule has 2 N–H and O–H groups in total. The van der Waals surface area contributed by atoms with E-state index >= 15 is 0 Å². The number of rotatable bonds is 6. The number of nitrogens with zero attached hydrogens (tertiary/aromatic N) is 1. The van der Waals surface area contributed by atoms with Crippen LogP contribution in [0.1, 0.15) is 36.8 Å². The van der Waals surface area contributed by atoms with E-state index in [2.05, 4.69) is 59.6 Å². The first-order valence-corrected chi connectivity index (χ1v) is 10.3. The molecule has 1 saturated carbocycles. The number of aromatic nitrogens is 1. The van der Waals surface area contributed by atoms with E-state index in [1.165, 1.54) is 42.9 Å². The summed E-state index contributed by atoms with van der Waals surface area (Å²) < 4.78 is 13.6. The fourth-order valence-corrected chi connectivity index (χ4v) is 4.81. The van der Waals surface area contributed by atoms with Gasteiger partial charge in [0.05, 0.1) is 0 Å². The molecule has 2 aromatic carbocycles. The van der Waals surface area contributed by atoms with E-state index in [0.29, 0.717) is 6.04 Å². The first kappa shape index (κ1) is 24.7. The van der Waals surface area contributed by atoms with Gasteiger partial charge in [-0.05, 0) is 82.1 Å². The molecule has 0 amide bonds. The number of hydrogen-bond donors (Lipinski definition) is 2. The molecule has 3 nitrogen and oxygen atoms in total. The highest BCUT2D eigenvalue weighted by atomic mass is 35.5. The molecule has 1 aliphatic rings. The van der Waals surface area contributed by atoms with Crippen molar-refractivity contribution in [3.05, 3.63) is 71.7 Å². The van der Waals surface area contributed by atoms with Gasteiger partial charge in [-0.1, -0.05) is 30.3 Å². The van der Waals surface area contributed by atoms with Crippen LogP contribution in [-0.2, 0) is 12.0 Å². The van der Waals surface area contributed by atoms with Gasteiger partial charge in [0, 0.05) is 28.7 Å². The van der Waals surface area contributed by atoms with Gasteiger partial charge in [-0.2, -0.15) is 0 Å². The fourth-order valence-electron chi connectivity index (χ4n) is 4.81. The van der Waals surface area contributed by atoms with E-state index < -0.39 is 0 Å². The Bertz CT molecular complexity index is 919. The van der Waals surface area contributed by atoms with Crippen molar-refractivity contribution in [1.29, 1.82) is 0 Å². The van der Waals surface area contributed by atoms with Crippen LogP contribution in [0.2, 0.25) is 0 Å². The smallest absolute Gasteiger partial charge is 0.123 e. The Kier molecular flexibility index (Phi) is 8.74. The monoisotopic (exact) mass is 451 g/mol. The maximum Gasteiger partial charge on any atom is 0.123 e. The van der Waals surface area contributed by atoms with E-state index in [1.54, 1.807) is 6.07 Å². The first-order chi connectivity index (χ1) is 13.6. The minimum absolute atomic E-state index is 0. The molecule has 6 heteroatoms. The molecule has 4 rings (SSSR count). The Labute approximate surface area is 191 Å². The maximum atomic E-state index is 13.6. The third-order valence-electron chi connectivity index (χ3n) is 6.54. The van der Waals surface area contributed by atoms with E-state index in [0.717, 1.165) is 23.9 Å². The molecule has 0 saturated heterocycles. The van der Waals surface area contributed by atoms with Gasteiger partial charge < -0.3 is 10.3 Å². The minimum atomic E-state index is -0.172. The summed E-state index contributed by atoms with van der Waals surface area (Å²) in [5, 5.41) is 4.74. The number of nitrogens with one attached hydrogen (secondary N) is 2. The van der Waals surface area contributed by atoms with Gasteiger partial charge in [-0.15, -0.1) is 24.8 Å². The Morgan fingerprint density at radius 2 is 1.77 bits per heavy atom. The zero-order valence-corrected chi connectivity index (χ0v) is 19.3. The van der Waals surface area contributed by atoms with Gasteiger partial charge in [0.15, 0.2) is 0 Å². The van der Waals surface area contributed by atoms with Gasteiger partial charge in [-0.25, -0.2) is 4.39 Å². The zero-order valence-electron chi connectivity index (χ0n) is 17.7. The topological polar surface area (TPSA) is 31.1 Å². The van der Waals surface area contributed by atoms with Crippen molar-refractivity contribution in [3.63, 3.8) is 0 Å². The highest BCUT2D eigenvalue weighted by Crippen LogP contribution is 2.41. The van der Waals surface area contributed by atoms with E-state index in [1.807, 2.05) is 12.3 Å². The number of halogens is 3. The van der Waals surface area contributed by atoms with Crippen LogP contribution in [-0.4, -0.2) is 36.6 Å². The average molecular weight is 452 g/mol. The number of H-pyrrole nitrogens is 1. The van der Waals surface area contributed by atoms with Crippen molar-refractivity contribution in [2.24, 2.45) is 0 Å². The Balaban J connectivity index is 0.00000160. The number of fused-ring (bicyclic) bond motifs is 1. The van der Waals surface area contributed by atoms with Crippen LogP contribution in [0, 0.1) is 5.82 Å². The largest absolute Gasteiger partial charge is 0.361 e. The standard InChI is InChI=1S/C24H30FN3.2ClH/c1-28(2)24(19-6-4-3-5-7-19)13-10-21(11-14-24)26-15-12-18-17-27-23-9-8-20(25)16-22(18)23;;/h3-9,16-17,21,26-27H,10-15H2,1-2H3;2*1H. The molecule has 1 fully saturated rings. The highest BCUT2D eigenvalue weighted by Gasteiger charge is 2.38. The van der Waals surface area contributed by atoms with Crippen LogP contribution in [0.4, 0.5) is 4.39 Å². The number of aromatic amines is 1. The second-order valence-electron chi connectivity index (χ2n) is 8.27. The summed E-state index contributed by atoms with van der Waals surface area (Å²) >= 11 is 0. The first-order valence-electron chi connectivity index (χ1n) is 10.3. The van der Waals surface area contributed by atoms with Crippen LogP contribution in [0.25, 0.3) is 10.9 Å². The summed E-state index contributed by atoms with van der Waals surface area (Å²) in [6, 6.07) is 16.4. The predicted octanol–water partition coefficient (Wildman–Crippen LogP) is 5.68. The Morgan fingerprint density at radius 1 is 1.07 bits per heavy atom. The third kappa shape index (κ3) is 5.00. The lowest BCUT2D eigenvalue weighted by Crippen LogP contribution is -2.48.